The number of halogens is 1. The first kappa shape index (κ1) is 21.9. The SMILES string of the molecule is Cc1ccc(Cl)cc1NC(=O)CN1C(=O)S/C(=C/c2ccc3c(c2)n(C)c(=O)n3C)C1=O. The van der Waals surface area contributed by atoms with Gasteiger partial charge in [0, 0.05) is 24.8 Å². The smallest absolute Gasteiger partial charge is 0.324 e. The number of benzene rings is 2. The van der Waals surface area contributed by atoms with Gasteiger partial charge in [-0.05, 0) is 60.2 Å². The van der Waals surface area contributed by atoms with Crippen LogP contribution in [0.1, 0.15) is 11.1 Å². The Morgan fingerprint density at radius 1 is 1.06 bits per heavy atom. The molecule has 4 rings (SSSR count). The Morgan fingerprint density at radius 2 is 1.78 bits per heavy atom. The van der Waals surface area contributed by atoms with Crippen LogP contribution >= 0.6 is 23.4 Å². The first-order valence-electron chi connectivity index (χ1n) is 9.62. The highest BCUT2D eigenvalue weighted by molar-refractivity contribution is 8.18. The summed E-state index contributed by atoms with van der Waals surface area (Å²) >= 11 is 6.74. The summed E-state index contributed by atoms with van der Waals surface area (Å²) in [7, 11) is 3.36. The first-order valence-corrected chi connectivity index (χ1v) is 10.8. The number of imidazole rings is 1. The first-order chi connectivity index (χ1) is 15.2. The summed E-state index contributed by atoms with van der Waals surface area (Å²) in [4.78, 5) is 50.8. The van der Waals surface area contributed by atoms with Gasteiger partial charge >= 0.3 is 5.69 Å². The quantitative estimate of drug-likeness (QED) is 0.589. The third-order valence-corrected chi connectivity index (χ3v) is 6.39. The van der Waals surface area contributed by atoms with Crippen molar-refractivity contribution in [2.24, 2.45) is 14.1 Å². The third-order valence-electron chi connectivity index (χ3n) is 5.24. The van der Waals surface area contributed by atoms with Crippen molar-refractivity contribution in [1.29, 1.82) is 0 Å². The van der Waals surface area contributed by atoms with Gasteiger partial charge in [-0.1, -0.05) is 23.7 Å². The highest BCUT2D eigenvalue weighted by atomic mass is 35.5. The van der Waals surface area contributed by atoms with Crippen LogP contribution in [0, 0.1) is 6.92 Å². The summed E-state index contributed by atoms with van der Waals surface area (Å²) in [6.07, 6.45) is 1.58. The zero-order valence-electron chi connectivity index (χ0n) is 17.5. The Bertz CT molecular complexity index is 1390. The molecule has 8 nitrogen and oxygen atoms in total. The molecule has 1 fully saturated rings. The zero-order chi connectivity index (χ0) is 23.2. The van der Waals surface area contributed by atoms with Crippen molar-refractivity contribution in [2.45, 2.75) is 6.92 Å². The Kier molecular flexibility index (Phi) is 5.70. The molecular formula is C22H19ClN4O4S. The summed E-state index contributed by atoms with van der Waals surface area (Å²) in [6.45, 7) is 1.41. The van der Waals surface area contributed by atoms with Gasteiger partial charge in [-0.3, -0.25) is 28.4 Å². The molecule has 1 aromatic heterocycles. The van der Waals surface area contributed by atoms with Crippen molar-refractivity contribution in [3.63, 3.8) is 0 Å². The molecule has 0 spiro atoms. The van der Waals surface area contributed by atoms with Gasteiger partial charge in [0.15, 0.2) is 0 Å². The van der Waals surface area contributed by atoms with E-state index in [-0.39, 0.29) is 10.6 Å². The molecule has 2 heterocycles. The van der Waals surface area contributed by atoms with Gasteiger partial charge in [-0.15, -0.1) is 0 Å². The van der Waals surface area contributed by atoms with Crippen LogP contribution in [0.2, 0.25) is 5.02 Å². The van der Waals surface area contributed by atoms with E-state index in [0.29, 0.717) is 21.8 Å². The van der Waals surface area contributed by atoms with Crippen LogP contribution in [0.4, 0.5) is 10.5 Å². The normalized spacial score (nSPS) is 15.2. The molecule has 1 N–H and O–H groups in total. The van der Waals surface area contributed by atoms with E-state index in [1.807, 2.05) is 6.92 Å². The maximum Gasteiger partial charge on any atom is 0.328 e. The average Bonchev–Trinajstić information content (AvgIpc) is 3.13. The summed E-state index contributed by atoms with van der Waals surface area (Å²) < 4.78 is 3.05. The monoisotopic (exact) mass is 470 g/mol. The number of imide groups is 1. The number of fused-ring (bicyclic) bond motifs is 1. The third kappa shape index (κ3) is 3.96. The molecule has 0 bridgehead atoms. The lowest BCUT2D eigenvalue weighted by Gasteiger charge is -2.13. The second-order valence-electron chi connectivity index (χ2n) is 7.42. The molecular weight excluding hydrogens is 452 g/mol. The number of nitrogens with one attached hydrogen (secondary N) is 1. The number of hydrogen-bond acceptors (Lipinski definition) is 5. The number of rotatable bonds is 4. The van der Waals surface area contributed by atoms with Gasteiger partial charge in [-0.2, -0.15) is 0 Å². The van der Waals surface area contributed by atoms with Crippen molar-refractivity contribution < 1.29 is 14.4 Å². The largest absolute Gasteiger partial charge is 0.328 e. The van der Waals surface area contributed by atoms with E-state index in [2.05, 4.69) is 5.32 Å². The molecule has 0 unspecified atom stereocenters. The van der Waals surface area contributed by atoms with Gasteiger partial charge in [0.2, 0.25) is 5.91 Å². The topological polar surface area (TPSA) is 93.4 Å². The number of thioether (sulfide) groups is 1. The van der Waals surface area contributed by atoms with Crippen LogP contribution in [-0.2, 0) is 23.7 Å². The molecule has 3 aromatic rings. The molecule has 1 aliphatic rings. The fourth-order valence-electron chi connectivity index (χ4n) is 3.46. The van der Waals surface area contributed by atoms with Gasteiger partial charge in [-0.25, -0.2) is 4.79 Å². The molecule has 1 aliphatic heterocycles. The summed E-state index contributed by atoms with van der Waals surface area (Å²) in [6, 6.07) is 10.4. The van der Waals surface area contributed by atoms with E-state index in [1.165, 1.54) is 9.13 Å². The fourth-order valence-corrected chi connectivity index (χ4v) is 4.47. The highest BCUT2D eigenvalue weighted by Crippen LogP contribution is 2.32. The minimum Gasteiger partial charge on any atom is -0.324 e. The van der Waals surface area contributed by atoms with E-state index in [1.54, 1.807) is 56.6 Å². The van der Waals surface area contributed by atoms with Gasteiger partial charge in [0.05, 0.1) is 15.9 Å². The number of aryl methyl sites for hydroxylation is 3. The van der Waals surface area contributed by atoms with Crippen molar-refractivity contribution in [3.05, 3.63) is 67.9 Å². The summed E-state index contributed by atoms with van der Waals surface area (Å²) in [5, 5.41) is 2.63. The molecule has 1 saturated heterocycles. The Morgan fingerprint density at radius 3 is 2.53 bits per heavy atom. The second kappa shape index (κ2) is 8.33. The van der Waals surface area contributed by atoms with E-state index in [9.17, 15) is 19.2 Å². The number of nitrogens with zero attached hydrogens (tertiary/aromatic N) is 3. The van der Waals surface area contributed by atoms with Gasteiger partial charge in [0.25, 0.3) is 11.1 Å². The fraction of sp³-hybridized carbons (Fsp3) is 0.182. The lowest BCUT2D eigenvalue weighted by atomic mass is 10.2. The van der Waals surface area contributed by atoms with Crippen molar-refractivity contribution >= 4 is 63.2 Å². The maximum atomic E-state index is 12.8. The average molecular weight is 471 g/mol. The molecule has 3 amide bonds. The highest BCUT2D eigenvalue weighted by Gasteiger charge is 2.36. The molecule has 0 radical (unpaired) electrons. The lowest BCUT2D eigenvalue weighted by molar-refractivity contribution is -0.127. The number of carbonyl (C=O) groups is 3. The van der Waals surface area contributed by atoms with E-state index < -0.39 is 23.6 Å². The van der Waals surface area contributed by atoms with Crippen molar-refractivity contribution in [1.82, 2.24) is 14.0 Å². The maximum absolute atomic E-state index is 12.8. The number of anilines is 1. The predicted octanol–water partition coefficient (Wildman–Crippen LogP) is 3.51. The molecule has 32 heavy (non-hydrogen) atoms. The van der Waals surface area contributed by atoms with Crippen LogP contribution in [0.3, 0.4) is 0 Å². The van der Waals surface area contributed by atoms with Crippen molar-refractivity contribution in [3.8, 4) is 0 Å². The van der Waals surface area contributed by atoms with Crippen LogP contribution in [0.15, 0.2) is 46.1 Å². The van der Waals surface area contributed by atoms with E-state index >= 15 is 0 Å². The molecule has 0 aliphatic carbocycles. The molecule has 2 aromatic carbocycles. The predicted molar refractivity (Wildman–Crippen MR) is 126 cm³/mol. The molecule has 0 atom stereocenters. The Hall–Kier alpha value is -3.30. The van der Waals surface area contributed by atoms with Gasteiger partial charge < -0.3 is 5.32 Å². The minimum atomic E-state index is -0.542. The minimum absolute atomic E-state index is 0.154. The van der Waals surface area contributed by atoms with Crippen LogP contribution in [0.5, 0.6) is 0 Å². The number of amides is 3. The lowest BCUT2D eigenvalue weighted by Crippen LogP contribution is -2.36. The summed E-state index contributed by atoms with van der Waals surface area (Å²) in [5.41, 5.74) is 3.31. The van der Waals surface area contributed by atoms with Crippen molar-refractivity contribution in [2.75, 3.05) is 11.9 Å². The van der Waals surface area contributed by atoms with Crippen LogP contribution in [0.25, 0.3) is 17.1 Å². The standard InChI is InChI=1S/C22H19ClN4O4S/c1-12-4-6-14(23)10-15(12)24-19(28)11-27-20(29)18(32-22(27)31)9-13-5-7-16-17(8-13)26(3)21(30)25(16)2/h4-10H,11H2,1-3H3,(H,24,28)/b18-9+. The number of carbonyl (C=O) groups excluding carboxylic acids is 3. The van der Waals surface area contributed by atoms with E-state index in [4.69, 9.17) is 11.6 Å². The molecule has 10 heteroatoms. The number of hydrogen-bond donors (Lipinski definition) is 1. The van der Waals surface area contributed by atoms with Crippen LogP contribution in [-0.4, -0.2) is 37.6 Å². The summed E-state index contributed by atoms with van der Waals surface area (Å²) in [5.74, 6) is -1.04. The zero-order valence-corrected chi connectivity index (χ0v) is 19.1. The molecule has 0 saturated carbocycles. The Labute approximate surface area is 192 Å². The van der Waals surface area contributed by atoms with Gasteiger partial charge in [0.1, 0.15) is 6.54 Å². The number of aromatic nitrogens is 2. The van der Waals surface area contributed by atoms with E-state index in [0.717, 1.165) is 27.7 Å². The van der Waals surface area contributed by atoms with Crippen LogP contribution < -0.4 is 11.0 Å². The second-order valence-corrected chi connectivity index (χ2v) is 8.85. The Balaban J connectivity index is 1.53. The molecule has 164 valence electrons.